The summed E-state index contributed by atoms with van der Waals surface area (Å²) in [6, 6.07) is 0. The Hall–Kier alpha value is -1.50. The van der Waals surface area contributed by atoms with Gasteiger partial charge in [-0.3, -0.25) is 9.59 Å². The number of nitrogens with zero attached hydrogens (tertiary/aromatic N) is 1. The number of carboxylic acids is 1. The third-order valence-electron chi connectivity index (χ3n) is 1.54. The Morgan fingerprint density at radius 1 is 1.43 bits per heavy atom. The Bertz CT molecular complexity index is 270. The topological polar surface area (TPSA) is 57.6 Å². The average molecular weight is 197 g/mol. The second kappa shape index (κ2) is 4.66. The zero-order valence-corrected chi connectivity index (χ0v) is 8.70. The summed E-state index contributed by atoms with van der Waals surface area (Å²) in [4.78, 5) is 23.3. The minimum Gasteiger partial charge on any atom is -0.480 e. The van der Waals surface area contributed by atoms with E-state index in [1.54, 1.807) is 20.8 Å². The highest BCUT2D eigenvalue weighted by Gasteiger charge is 2.27. The summed E-state index contributed by atoms with van der Waals surface area (Å²) < 4.78 is 0. The van der Waals surface area contributed by atoms with Gasteiger partial charge in [0.1, 0.15) is 6.54 Å². The first kappa shape index (κ1) is 12.5. The molecule has 0 spiro atoms. The Labute approximate surface area is 83.9 Å². The summed E-state index contributed by atoms with van der Waals surface area (Å²) in [7, 11) is 0. The molecule has 0 radical (unpaired) electrons. The SMILES string of the molecule is C#CCN(CC(=O)O)C(=O)C(C)(C)C. The van der Waals surface area contributed by atoms with Crippen molar-refractivity contribution in [2.75, 3.05) is 13.1 Å². The van der Waals surface area contributed by atoms with Crippen LogP contribution in [0.4, 0.5) is 0 Å². The molecule has 0 heterocycles. The maximum Gasteiger partial charge on any atom is 0.323 e. The molecule has 0 aromatic heterocycles. The lowest BCUT2D eigenvalue weighted by molar-refractivity contribution is -0.147. The van der Waals surface area contributed by atoms with Crippen LogP contribution in [0.2, 0.25) is 0 Å². The molecule has 0 aliphatic heterocycles. The average Bonchev–Trinajstić information content (AvgIpc) is 2.00. The largest absolute Gasteiger partial charge is 0.480 e. The smallest absolute Gasteiger partial charge is 0.323 e. The number of carboxylic acid groups (broad SMARTS) is 1. The van der Waals surface area contributed by atoms with E-state index < -0.39 is 11.4 Å². The van der Waals surface area contributed by atoms with Crippen molar-refractivity contribution in [2.24, 2.45) is 5.41 Å². The van der Waals surface area contributed by atoms with Crippen LogP contribution in [0, 0.1) is 17.8 Å². The number of amides is 1. The van der Waals surface area contributed by atoms with Gasteiger partial charge < -0.3 is 10.0 Å². The van der Waals surface area contributed by atoms with Gasteiger partial charge >= 0.3 is 5.97 Å². The quantitative estimate of drug-likeness (QED) is 0.673. The van der Waals surface area contributed by atoms with E-state index in [1.165, 1.54) is 0 Å². The molecule has 1 amide bonds. The summed E-state index contributed by atoms with van der Waals surface area (Å²) in [5.41, 5.74) is -0.605. The van der Waals surface area contributed by atoms with E-state index in [1.807, 2.05) is 0 Å². The molecule has 0 atom stereocenters. The number of terminal acetylenes is 1. The zero-order chi connectivity index (χ0) is 11.4. The van der Waals surface area contributed by atoms with Crippen LogP contribution >= 0.6 is 0 Å². The molecule has 0 aliphatic rings. The van der Waals surface area contributed by atoms with Gasteiger partial charge in [0.15, 0.2) is 0 Å². The first-order chi connectivity index (χ1) is 6.29. The summed E-state index contributed by atoms with van der Waals surface area (Å²) in [5.74, 6) is 0.958. The van der Waals surface area contributed by atoms with Gasteiger partial charge in [-0.15, -0.1) is 6.42 Å². The van der Waals surface area contributed by atoms with Crippen LogP contribution in [0.3, 0.4) is 0 Å². The number of carbonyl (C=O) groups is 2. The highest BCUT2D eigenvalue weighted by molar-refractivity contribution is 5.85. The molecule has 78 valence electrons. The van der Waals surface area contributed by atoms with E-state index >= 15 is 0 Å². The summed E-state index contributed by atoms with van der Waals surface area (Å²) >= 11 is 0. The molecule has 4 nitrogen and oxygen atoms in total. The van der Waals surface area contributed by atoms with Crippen LogP contribution in [-0.2, 0) is 9.59 Å². The van der Waals surface area contributed by atoms with Crippen molar-refractivity contribution in [2.45, 2.75) is 20.8 Å². The number of hydrogen-bond donors (Lipinski definition) is 1. The predicted molar refractivity (Wildman–Crippen MR) is 52.5 cm³/mol. The van der Waals surface area contributed by atoms with Crippen molar-refractivity contribution in [3.05, 3.63) is 0 Å². The molecular formula is C10H15NO3. The maximum absolute atomic E-state index is 11.7. The Balaban J connectivity index is 4.59. The van der Waals surface area contributed by atoms with E-state index in [-0.39, 0.29) is 19.0 Å². The van der Waals surface area contributed by atoms with Gasteiger partial charge in [0.05, 0.1) is 6.54 Å². The molecule has 0 rings (SSSR count). The first-order valence-electron chi connectivity index (χ1n) is 4.23. The van der Waals surface area contributed by atoms with Gasteiger partial charge in [-0.1, -0.05) is 26.7 Å². The van der Waals surface area contributed by atoms with Crippen molar-refractivity contribution in [1.29, 1.82) is 0 Å². The third kappa shape index (κ3) is 3.94. The Morgan fingerprint density at radius 2 is 1.93 bits per heavy atom. The standard InChI is InChI=1S/C10H15NO3/c1-5-6-11(7-8(12)13)9(14)10(2,3)4/h1H,6-7H2,2-4H3,(H,12,13). The van der Waals surface area contributed by atoms with Gasteiger partial charge in [0, 0.05) is 5.41 Å². The van der Waals surface area contributed by atoms with E-state index in [2.05, 4.69) is 5.92 Å². The number of aliphatic carboxylic acids is 1. The second-order valence-corrected chi connectivity index (χ2v) is 4.01. The van der Waals surface area contributed by atoms with Gasteiger partial charge in [-0.25, -0.2) is 0 Å². The van der Waals surface area contributed by atoms with Crippen molar-refractivity contribution >= 4 is 11.9 Å². The lowest BCUT2D eigenvalue weighted by Gasteiger charge is -2.26. The van der Waals surface area contributed by atoms with Crippen molar-refractivity contribution in [3.8, 4) is 12.3 Å². The number of hydrogen-bond acceptors (Lipinski definition) is 2. The van der Waals surface area contributed by atoms with Gasteiger partial charge in [-0.2, -0.15) is 0 Å². The molecule has 0 bridgehead atoms. The first-order valence-corrected chi connectivity index (χ1v) is 4.23. The van der Waals surface area contributed by atoms with Crippen LogP contribution in [0.5, 0.6) is 0 Å². The van der Waals surface area contributed by atoms with E-state index in [0.29, 0.717) is 0 Å². The van der Waals surface area contributed by atoms with Crippen LogP contribution < -0.4 is 0 Å². The molecular weight excluding hydrogens is 182 g/mol. The fourth-order valence-corrected chi connectivity index (χ4v) is 0.947. The predicted octanol–water partition coefficient (Wildman–Crippen LogP) is 0.579. The lowest BCUT2D eigenvalue weighted by atomic mass is 9.95. The molecule has 0 saturated heterocycles. The van der Waals surface area contributed by atoms with Gasteiger partial charge in [0.2, 0.25) is 5.91 Å². The van der Waals surface area contributed by atoms with Crippen LogP contribution in [0.1, 0.15) is 20.8 Å². The van der Waals surface area contributed by atoms with Crippen molar-refractivity contribution in [1.82, 2.24) is 4.90 Å². The van der Waals surface area contributed by atoms with Gasteiger partial charge in [-0.05, 0) is 0 Å². The molecule has 0 saturated carbocycles. The second-order valence-electron chi connectivity index (χ2n) is 4.01. The minimum atomic E-state index is -1.06. The Morgan fingerprint density at radius 3 is 2.21 bits per heavy atom. The highest BCUT2D eigenvalue weighted by atomic mass is 16.4. The van der Waals surface area contributed by atoms with Crippen LogP contribution in [0.25, 0.3) is 0 Å². The number of carbonyl (C=O) groups excluding carboxylic acids is 1. The lowest BCUT2D eigenvalue weighted by Crippen LogP contribution is -2.42. The van der Waals surface area contributed by atoms with E-state index in [4.69, 9.17) is 11.5 Å². The van der Waals surface area contributed by atoms with Gasteiger partial charge in [0.25, 0.3) is 0 Å². The summed E-state index contributed by atoms with van der Waals surface area (Å²) in [6.45, 7) is 4.85. The van der Waals surface area contributed by atoms with E-state index in [0.717, 1.165) is 4.90 Å². The monoisotopic (exact) mass is 197 g/mol. The molecule has 4 heteroatoms. The number of rotatable bonds is 3. The third-order valence-corrected chi connectivity index (χ3v) is 1.54. The molecule has 0 unspecified atom stereocenters. The molecule has 0 aromatic carbocycles. The molecule has 0 fully saturated rings. The highest BCUT2D eigenvalue weighted by Crippen LogP contribution is 2.16. The fourth-order valence-electron chi connectivity index (χ4n) is 0.947. The zero-order valence-electron chi connectivity index (χ0n) is 8.70. The van der Waals surface area contributed by atoms with Crippen molar-refractivity contribution < 1.29 is 14.7 Å². The molecule has 0 aromatic rings. The van der Waals surface area contributed by atoms with Crippen LogP contribution in [-0.4, -0.2) is 35.0 Å². The van der Waals surface area contributed by atoms with Crippen molar-refractivity contribution in [3.63, 3.8) is 0 Å². The summed E-state index contributed by atoms with van der Waals surface area (Å²) in [6.07, 6.45) is 5.05. The summed E-state index contributed by atoms with van der Waals surface area (Å²) in [5, 5.41) is 8.56. The maximum atomic E-state index is 11.7. The van der Waals surface area contributed by atoms with E-state index in [9.17, 15) is 9.59 Å². The molecule has 1 N–H and O–H groups in total. The minimum absolute atomic E-state index is 0.0302. The Kier molecular flexibility index (Phi) is 4.16. The normalized spacial score (nSPS) is 10.4. The van der Waals surface area contributed by atoms with Crippen LogP contribution in [0.15, 0.2) is 0 Å². The molecule has 14 heavy (non-hydrogen) atoms. The molecule has 0 aliphatic carbocycles. The fraction of sp³-hybridized carbons (Fsp3) is 0.600.